The number of methoxy groups -OCH3 is 1. The van der Waals surface area contributed by atoms with Crippen LogP contribution in [0.15, 0.2) is 6.33 Å². The number of hydrogen-bond donors (Lipinski definition) is 4. The molecular weight excluding hydrogens is 385 g/mol. The molecule has 3 unspecified atom stereocenters. The number of anilines is 3. The smallest absolute Gasteiger partial charge is 0.382 e. The number of fused-ring (bicyclic) bond motifs is 2. The van der Waals surface area contributed by atoms with Gasteiger partial charge in [0.2, 0.25) is 0 Å². The van der Waals surface area contributed by atoms with Gasteiger partial charge in [-0.1, -0.05) is 6.92 Å². The zero-order valence-corrected chi connectivity index (χ0v) is 15.9. The zero-order valence-electron chi connectivity index (χ0n) is 14.2. The van der Waals surface area contributed by atoms with Crippen molar-refractivity contribution in [1.82, 2.24) is 9.97 Å². The third-order valence-corrected chi connectivity index (χ3v) is 6.44. The van der Waals surface area contributed by atoms with Gasteiger partial charge >= 0.3 is 8.17 Å². The molecule has 5 N–H and O–H groups in total. The molecule has 3 aliphatic heterocycles. The van der Waals surface area contributed by atoms with Crippen molar-refractivity contribution in [3.05, 3.63) is 6.33 Å². The summed E-state index contributed by atoms with van der Waals surface area (Å²) in [5.41, 5.74) is 6.42. The summed E-state index contributed by atoms with van der Waals surface area (Å²) in [5.74, 6) is 1.79. The molecule has 1 aromatic rings. The van der Waals surface area contributed by atoms with Gasteiger partial charge in [-0.3, -0.25) is 4.90 Å². The van der Waals surface area contributed by atoms with Crippen LogP contribution in [0.5, 0.6) is 0 Å². The summed E-state index contributed by atoms with van der Waals surface area (Å²) >= 11 is 1.64. The normalized spacial score (nSPS) is 35.1. The van der Waals surface area contributed by atoms with Crippen molar-refractivity contribution in [3.63, 3.8) is 0 Å². The predicted octanol–water partition coefficient (Wildman–Crippen LogP) is 0.145. The first-order valence-electron chi connectivity index (χ1n) is 8.08. The maximum atomic E-state index is 9.76. The minimum absolute atomic E-state index is 0.00737. The van der Waals surface area contributed by atoms with Gasteiger partial charge in [0.25, 0.3) is 0 Å². The maximum Gasteiger partial charge on any atom is 0.570 e. The molecule has 2 fully saturated rings. The highest BCUT2D eigenvalue weighted by molar-refractivity contribution is 8.00. The summed E-state index contributed by atoms with van der Waals surface area (Å²) < 4.78 is 22.0. The Morgan fingerprint density at radius 1 is 1.50 bits per heavy atom. The van der Waals surface area contributed by atoms with E-state index in [0.717, 1.165) is 5.75 Å². The van der Waals surface area contributed by atoms with Crippen LogP contribution in [-0.2, 0) is 18.5 Å². The Bertz CT molecular complexity index is 686. The van der Waals surface area contributed by atoms with Crippen molar-refractivity contribution in [1.29, 1.82) is 0 Å². The fourth-order valence-corrected chi connectivity index (χ4v) is 5.24. The van der Waals surface area contributed by atoms with Crippen molar-refractivity contribution in [2.75, 3.05) is 35.4 Å². The molecule has 144 valence electrons. The van der Waals surface area contributed by atoms with Crippen molar-refractivity contribution < 1.29 is 28.3 Å². The van der Waals surface area contributed by atoms with Crippen LogP contribution >= 0.6 is 19.9 Å². The van der Waals surface area contributed by atoms with Gasteiger partial charge in [-0.2, -0.15) is 14.3 Å². The molecular formula is C13H21N5O6PS+. The van der Waals surface area contributed by atoms with E-state index >= 15 is 0 Å². The average molecular weight is 406 g/mol. The van der Waals surface area contributed by atoms with Gasteiger partial charge in [0.05, 0.1) is 0 Å². The maximum absolute atomic E-state index is 9.76. The molecule has 0 aliphatic carbocycles. The van der Waals surface area contributed by atoms with Gasteiger partial charge in [-0.05, 0) is 5.75 Å². The number of hydrogen-bond acceptors (Lipinski definition) is 12. The molecule has 0 aromatic carbocycles. The lowest BCUT2D eigenvalue weighted by Crippen LogP contribution is -2.50. The van der Waals surface area contributed by atoms with E-state index in [4.69, 9.17) is 24.3 Å². The van der Waals surface area contributed by atoms with Crippen molar-refractivity contribution in [2.45, 2.75) is 37.0 Å². The van der Waals surface area contributed by atoms with E-state index in [1.165, 1.54) is 13.4 Å². The summed E-state index contributed by atoms with van der Waals surface area (Å²) in [6, 6.07) is 0. The van der Waals surface area contributed by atoms with Crippen LogP contribution in [0, 0.1) is 0 Å². The third kappa shape index (κ3) is 3.00. The van der Waals surface area contributed by atoms with Crippen molar-refractivity contribution >= 4 is 37.3 Å². The lowest BCUT2D eigenvalue weighted by molar-refractivity contribution is -0.0681. The minimum atomic E-state index is -3.86. The molecule has 3 aliphatic rings. The van der Waals surface area contributed by atoms with Crippen LogP contribution in [0.2, 0.25) is 0 Å². The number of nitrogens with zero attached hydrogens (tertiary/aromatic N) is 3. The van der Waals surface area contributed by atoms with Gasteiger partial charge < -0.3 is 20.5 Å². The third-order valence-electron chi connectivity index (χ3n) is 4.44. The minimum Gasteiger partial charge on any atom is -0.382 e. The number of nitrogen functional groups attached to an aromatic ring is 1. The molecule has 0 spiro atoms. The van der Waals surface area contributed by atoms with E-state index in [1.807, 2.05) is 11.8 Å². The molecule has 13 heteroatoms. The second-order valence-corrected chi connectivity index (χ2v) is 8.75. The van der Waals surface area contributed by atoms with E-state index in [9.17, 15) is 9.79 Å². The summed E-state index contributed by atoms with van der Waals surface area (Å²) in [7, 11) is -2.34. The molecule has 2 saturated heterocycles. The van der Waals surface area contributed by atoms with E-state index < -0.39 is 32.7 Å². The Labute approximate surface area is 154 Å². The Morgan fingerprint density at radius 2 is 2.31 bits per heavy atom. The molecule has 4 heterocycles. The van der Waals surface area contributed by atoms with Gasteiger partial charge in [0, 0.05) is 7.11 Å². The number of aromatic nitrogens is 2. The standard InChI is InChI=1S/C13H21N5O6PS/c1-3-26-13-17-7-10(14)15-5-16-11(7)18(13)12-9(21-2)8-6(23-12)4-22-25(19,20)24-8/h5-6,8-9,12-13,17,19-20H,3-4H2,1-2H3,(H2,14,15,16)/q+1/t6-,8-,9?,12?,13?/m1/s1. The number of ether oxygens (including phenoxy) is 2. The SMILES string of the molecule is CCSC1Nc2c(N)ncnc2N1C1O[C@@H]2CO[P+](O)(O)O[C@H]2C1OC. The van der Waals surface area contributed by atoms with Gasteiger partial charge in [0.1, 0.15) is 30.8 Å². The zero-order chi connectivity index (χ0) is 18.5. The highest BCUT2D eigenvalue weighted by atomic mass is 32.2. The van der Waals surface area contributed by atoms with Crippen molar-refractivity contribution in [3.8, 4) is 0 Å². The van der Waals surface area contributed by atoms with Crippen LogP contribution in [0.4, 0.5) is 17.3 Å². The predicted molar refractivity (Wildman–Crippen MR) is 96.1 cm³/mol. The Morgan fingerprint density at radius 3 is 3.04 bits per heavy atom. The highest BCUT2D eigenvalue weighted by Crippen LogP contribution is 2.59. The molecule has 0 amide bonds. The average Bonchev–Trinajstić information content (AvgIpc) is 3.12. The fourth-order valence-electron chi connectivity index (χ4n) is 3.37. The van der Waals surface area contributed by atoms with Gasteiger partial charge in [-0.25, -0.2) is 9.97 Å². The monoisotopic (exact) mass is 406 g/mol. The number of nitrogens with two attached hydrogens (primary N) is 1. The second kappa shape index (κ2) is 6.88. The van der Waals surface area contributed by atoms with Crippen molar-refractivity contribution in [2.24, 2.45) is 0 Å². The molecule has 0 saturated carbocycles. The molecule has 0 radical (unpaired) electrons. The summed E-state index contributed by atoms with van der Waals surface area (Å²) in [5, 5.41) is 3.31. The van der Waals surface area contributed by atoms with Gasteiger partial charge in [-0.15, -0.1) is 16.3 Å². The summed E-state index contributed by atoms with van der Waals surface area (Å²) in [4.78, 5) is 29.8. The number of rotatable bonds is 4. The Hall–Kier alpha value is -0.980. The lowest BCUT2D eigenvalue weighted by Gasteiger charge is -2.33. The molecule has 1 aromatic heterocycles. The van der Waals surface area contributed by atoms with Crippen LogP contribution in [0.1, 0.15) is 6.92 Å². The largest absolute Gasteiger partial charge is 0.570 e. The van der Waals surface area contributed by atoms with E-state index in [0.29, 0.717) is 17.3 Å². The highest BCUT2D eigenvalue weighted by Gasteiger charge is 2.62. The first-order valence-corrected chi connectivity index (χ1v) is 10.7. The molecule has 5 atom stereocenters. The van der Waals surface area contributed by atoms with E-state index in [1.54, 1.807) is 11.8 Å². The quantitative estimate of drug-likeness (QED) is 0.505. The van der Waals surface area contributed by atoms with Crippen LogP contribution in [-0.4, -0.2) is 69.3 Å². The Kier molecular flexibility index (Phi) is 4.86. The Balaban J connectivity index is 1.68. The fraction of sp³-hybridized carbons (Fsp3) is 0.692. The second-order valence-electron chi connectivity index (χ2n) is 5.94. The molecule has 0 bridgehead atoms. The molecule has 11 nitrogen and oxygen atoms in total. The van der Waals surface area contributed by atoms with E-state index in [-0.39, 0.29) is 12.1 Å². The lowest BCUT2D eigenvalue weighted by atomic mass is 10.1. The first-order chi connectivity index (χ1) is 12.4. The molecule has 4 rings (SSSR count). The number of thioether (sulfide) groups is 1. The summed E-state index contributed by atoms with van der Waals surface area (Å²) in [6.07, 6.45) is -0.927. The van der Waals surface area contributed by atoms with Crippen LogP contribution in [0.25, 0.3) is 0 Å². The first kappa shape index (κ1) is 18.4. The summed E-state index contributed by atoms with van der Waals surface area (Å²) in [6.45, 7) is 2.05. The topological polar surface area (TPSA) is 144 Å². The van der Waals surface area contributed by atoms with Crippen LogP contribution < -0.4 is 16.0 Å². The number of nitrogens with one attached hydrogen (secondary N) is 1. The molecule has 26 heavy (non-hydrogen) atoms. The van der Waals surface area contributed by atoms with E-state index in [2.05, 4.69) is 15.3 Å². The van der Waals surface area contributed by atoms with Crippen LogP contribution in [0.3, 0.4) is 0 Å². The van der Waals surface area contributed by atoms with Gasteiger partial charge in [0.15, 0.2) is 29.5 Å².